The average molecular weight is 467 g/mol. The lowest BCUT2D eigenvalue weighted by atomic mass is 10.1. The summed E-state index contributed by atoms with van der Waals surface area (Å²) in [5, 5.41) is 3.94. The van der Waals surface area contributed by atoms with Crippen LogP contribution in [0.3, 0.4) is 0 Å². The molecule has 2 aromatic carbocycles. The molecule has 7 nitrogen and oxygen atoms in total. The molecule has 1 aliphatic rings. The van der Waals surface area contributed by atoms with Crippen molar-refractivity contribution in [3.63, 3.8) is 0 Å². The van der Waals surface area contributed by atoms with E-state index in [9.17, 15) is 9.59 Å². The smallest absolute Gasteiger partial charge is 0.246 e. The van der Waals surface area contributed by atoms with E-state index in [2.05, 4.69) is 10.3 Å². The van der Waals surface area contributed by atoms with Crippen LogP contribution in [0.1, 0.15) is 22.5 Å². The Morgan fingerprint density at radius 2 is 1.91 bits per heavy atom. The van der Waals surface area contributed by atoms with E-state index < -0.39 is 0 Å². The first-order valence-electron chi connectivity index (χ1n) is 11.5. The first kappa shape index (κ1) is 22.4. The summed E-state index contributed by atoms with van der Waals surface area (Å²) in [6, 6.07) is 19.6. The molecule has 1 N–H and O–H groups in total. The van der Waals surface area contributed by atoms with Gasteiger partial charge in [0.25, 0.3) is 0 Å². The van der Waals surface area contributed by atoms with Crippen molar-refractivity contribution < 1.29 is 14.0 Å². The Morgan fingerprint density at radius 3 is 2.71 bits per heavy atom. The van der Waals surface area contributed by atoms with Gasteiger partial charge in [-0.15, -0.1) is 0 Å². The van der Waals surface area contributed by atoms with E-state index in [-0.39, 0.29) is 18.4 Å². The third kappa shape index (κ3) is 4.80. The maximum absolute atomic E-state index is 12.8. The van der Waals surface area contributed by atoms with Gasteiger partial charge in [-0.2, -0.15) is 0 Å². The molecule has 0 radical (unpaired) electrons. The standard InChI is InChI=1S/C28H26N4O3/c1-19-23-10-6-7-11-24(23)35-25(19)17-31(2)27(34)13-12-20-14-21-16-32(22-8-4-3-5-9-22)18-26(33)30-28(21)29-15-20/h3-15H,16-18H2,1-2H3,(H,29,30,33). The number of hydrogen-bond acceptors (Lipinski definition) is 5. The van der Waals surface area contributed by atoms with Crippen LogP contribution in [0.25, 0.3) is 17.0 Å². The predicted octanol–water partition coefficient (Wildman–Crippen LogP) is 4.77. The van der Waals surface area contributed by atoms with Gasteiger partial charge in [-0.05, 0) is 42.8 Å². The predicted molar refractivity (Wildman–Crippen MR) is 137 cm³/mol. The van der Waals surface area contributed by atoms with Crippen LogP contribution in [0.5, 0.6) is 0 Å². The van der Waals surface area contributed by atoms with Gasteiger partial charge in [0.05, 0.1) is 13.1 Å². The van der Waals surface area contributed by atoms with E-state index in [1.165, 1.54) is 6.08 Å². The number of benzene rings is 2. The molecule has 35 heavy (non-hydrogen) atoms. The average Bonchev–Trinajstić information content (AvgIpc) is 3.07. The number of rotatable bonds is 5. The minimum atomic E-state index is -0.140. The summed E-state index contributed by atoms with van der Waals surface area (Å²) in [5.41, 5.74) is 4.51. The number of aryl methyl sites for hydroxylation is 1. The minimum absolute atomic E-state index is 0.110. The number of fused-ring (bicyclic) bond motifs is 2. The van der Waals surface area contributed by atoms with Gasteiger partial charge in [0.1, 0.15) is 17.2 Å². The number of aromatic nitrogens is 1. The zero-order valence-corrected chi connectivity index (χ0v) is 19.7. The molecule has 0 saturated heterocycles. The third-order valence-corrected chi connectivity index (χ3v) is 6.18. The van der Waals surface area contributed by atoms with Crippen molar-refractivity contribution in [2.45, 2.75) is 20.0 Å². The summed E-state index contributed by atoms with van der Waals surface area (Å²) in [7, 11) is 1.75. The van der Waals surface area contributed by atoms with E-state index in [0.29, 0.717) is 18.9 Å². The van der Waals surface area contributed by atoms with Crippen LogP contribution >= 0.6 is 0 Å². The molecule has 0 aliphatic carbocycles. The Bertz CT molecular complexity index is 1420. The van der Waals surface area contributed by atoms with Gasteiger partial charge < -0.3 is 19.5 Å². The number of para-hydroxylation sites is 2. The second-order valence-corrected chi connectivity index (χ2v) is 8.69. The zero-order valence-electron chi connectivity index (χ0n) is 19.7. The molecule has 1 aliphatic heterocycles. The molecular weight excluding hydrogens is 440 g/mol. The molecular formula is C28H26N4O3. The number of likely N-dealkylation sites (N-methyl/N-ethyl adjacent to an activating group) is 1. The number of hydrogen-bond donors (Lipinski definition) is 1. The molecule has 0 atom stereocenters. The van der Waals surface area contributed by atoms with Gasteiger partial charge in [-0.1, -0.05) is 36.4 Å². The Morgan fingerprint density at radius 1 is 1.14 bits per heavy atom. The molecule has 2 amide bonds. The molecule has 5 rings (SSSR count). The van der Waals surface area contributed by atoms with Crippen LogP contribution in [-0.2, 0) is 22.7 Å². The highest BCUT2D eigenvalue weighted by Crippen LogP contribution is 2.26. The molecule has 0 fully saturated rings. The van der Waals surface area contributed by atoms with Crippen LogP contribution in [0.4, 0.5) is 11.5 Å². The van der Waals surface area contributed by atoms with Crippen molar-refractivity contribution >= 4 is 40.4 Å². The van der Waals surface area contributed by atoms with Crippen LogP contribution in [0.2, 0.25) is 0 Å². The number of carbonyl (C=O) groups is 2. The van der Waals surface area contributed by atoms with Crippen LogP contribution in [0, 0.1) is 6.92 Å². The molecule has 0 spiro atoms. The number of anilines is 2. The van der Waals surface area contributed by atoms with Crippen molar-refractivity contribution in [3.05, 3.63) is 95.4 Å². The highest BCUT2D eigenvalue weighted by Gasteiger charge is 2.21. The number of pyridine rings is 1. The fourth-order valence-corrected chi connectivity index (χ4v) is 4.24. The molecule has 0 bridgehead atoms. The lowest BCUT2D eigenvalue weighted by molar-refractivity contribution is -0.125. The number of furan rings is 1. The normalized spacial score (nSPS) is 13.5. The molecule has 3 heterocycles. The molecule has 0 unspecified atom stereocenters. The minimum Gasteiger partial charge on any atom is -0.459 e. The maximum Gasteiger partial charge on any atom is 0.246 e. The van der Waals surface area contributed by atoms with Gasteiger partial charge in [-0.25, -0.2) is 4.98 Å². The summed E-state index contributed by atoms with van der Waals surface area (Å²) < 4.78 is 5.94. The first-order valence-corrected chi connectivity index (χ1v) is 11.5. The quantitative estimate of drug-likeness (QED) is 0.429. The molecule has 176 valence electrons. The van der Waals surface area contributed by atoms with Crippen molar-refractivity contribution in [2.75, 3.05) is 23.8 Å². The van der Waals surface area contributed by atoms with Crippen LogP contribution in [0.15, 0.2) is 77.4 Å². The van der Waals surface area contributed by atoms with Crippen molar-refractivity contribution in [1.82, 2.24) is 9.88 Å². The lowest BCUT2D eigenvalue weighted by Crippen LogP contribution is -2.29. The summed E-state index contributed by atoms with van der Waals surface area (Å²) >= 11 is 0. The van der Waals surface area contributed by atoms with Gasteiger partial charge in [0, 0.05) is 48.1 Å². The van der Waals surface area contributed by atoms with E-state index >= 15 is 0 Å². The molecule has 7 heteroatoms. The fourth-order valence-electron chi connectivity index (χ4n) is 4.24. The van der Waals surface area contributed by atoms with Crippen LogP contribution in [-0.4, -0.2) is 35.3 Å². The molecule has 4 aromatic rings. The largest absolute Gasteiger partial charge is 0.459 e. The van der Waals surface area contributed by atoms with Gasteiger partial charge in [0.15, 0.2) is 0 Å². The van der Waals surface area contributed by atoms with Gasteiger partial charge >= 0.3 is 0 Å². The summed E-state index contributed by atoms with van der Waals surface area (Å²) in [6.07, 6.45) is 4.94. The lowest BCUT2D eigenvalue weighted by Gasteiger charge is -2.21. The zero-order chi connectivity index (χ0) is 24.4. The first-order chi connectivity index (χ1) is 17.0. The number of nitrogens with one attached hydrogen (secondary N) is 1. The highest BCUT2D eigenvalue weighted by atomic mass is 16.3. The third-order valence-electron chi connectivity index (χ3n) is 6.18. The summed E-state index contributed by atoms with van der Waals surface area (Å²) in [4.78, 5) is 33.2. The monoisotopic (exact) mass is 466 g/mol. The van der Waals surface area contributed by atoms with E-state index in [0.717, 1.165) is 39.1 Å². The van der Waals surface area contributed by atoms with Crippen molar-refractivity contribution in [1.29, 1.82) is 0 Å². The second kappa shape index (κ2) is 9.46. The second-order valence-electron chi connectivity index (χ2n) is 8.69. The van der Waals surface area contributed by atoms with E-state index in [4.69, 9.17) is 4.42 Å². The number of amides is 2. The van der Waals surface area contributed by atoms with Gasteiger partial charge in [-0.3, -0.25) is 9.59 Å². The maximum atomic E-state index is 12.8. The van der Waals surface area contributed by atoms with E-state index in [1.807, 2.05) is 72.5 Å². The summed E-state index contributed by atoms with van der Waals surface area (Å²) in [5.74, 6) is 1.08. The Kier molecular flexibility index (Phi) is 6.06. The van der Waals surface area contributed by atoms with Crippen LogP contribution < -0.4 is 10.2 Å². The van der Waals surface area contributed by atoms with Crippen molar-refractivity contribution in [2.24, 2.45) is 0 Å². The fraction of sp³-hybridized carbons (Fsp3) is 0.179. The van der Waals surface area contributed by atoms with Crippen molar-refractivity contribution in [3.8, 4) is 0 Å². The highest BCUT2D eigenvalue weighted by molar-refractivity contribution is 5.95. The Balaban J connectivity index is 1.31. The SMILES string of the molecule is Cc1c(CN(C)C(=O)C=Cc2cnc3c(c2)CN(c2ccccc2)CC(=O)N3)oc2ccccc12. The topological polar surface area (TPSA) is 78.7 Å². The molecule has 0 saturated carbocycles. The summed E-state index contributed by atoms with van der Waals surface area (Å²) in [6.45, 7) is 3.17. The number of nitrogens with zero attached hydrogens (tertiary/aromatic N) is 3. The van der Waals surface area contributed by atoms with E-state index in [1.54, 1.807) is 24.2 Å². The number of carbonyl (C=O) groups excluding carboxylic acids is 2. The Hall–Kier alpha value is -4.39. The Labute approximate surface area is 203 Å². The molecule has 2 aromatic heterocycles. The van der Waals surface area contributed by atoms with Gasteiger partial charge in [0.2, 0.25) is 11.8 Å².